The van der Waals surface area contributed by atoms with Crippen LogP contribution in [0.15, 0.2) is 29.2 Å². The van der Waals surface area contributed by atoms with Gasteiger partial charge in [-0.1, -0.05) is 31.9 Å². The zero-order chi connectivity index (χ0) is 15.1. The fourth-order valence-electron chi connectivity index (χ4n) is 2.46. The summed E-state index contributed by atoms with van der Waals surface area (Å²) in [5.41, 5.74) is 0.526. The highest BCUT2D eigenvalue weighted by molar-refractivity contribution is 7.99. The van der Waals surface area contributed by atoms with Gasteiger partial charge in [0.1, 0.15) is 0 Å². The fraction of sp³-hybridized carbons (Fsp3) is 0.500. The van der Waals surface area contributed by atoms with Crippen LogP contribution in [0.2, 0.25) is 0 Å². The van der Waals surface area contributed by atoms with Crippen molar-refractivity contribution in [2.45, 2.75) is 43.5 Å². The van der Waals surface area contributed by atoms with Gasteiger partial charge in [-0.15, -0.1) is 11.8 Å². The third-order valence-corrected chi connectivity index (χ3v) is 4.42. The summed E-state index contributed by atoms with van der Waals surface area (Å²) in [4.78, 5) is 24.7. The highest BCUT2D eigenvalue weighted by Crippen LogP contribution is 2.23. The Bertz CT molecular complexity index is 498. The smallest absolute Gasteiger partial charge is 0.339 e. The number of hydrogen-bond acceptors (Lipinski definition) is 4. The van der Waals surface area contributed by atoms with E-state index in [1.807, 2.05) is 19.1 Å². The lowest BCUT2D eigenvalue weighted by Gasteiger charge is -2.12. The summed E-state index contributed by atoms with van der Waals surface area (Å²) in [6.45, 7) is 1.82. The van der Waals surface area contributed by atoms with Crippen molar-refractivity contribution in [3.8, 4) is 0 Å². The quantitative estimate of drug-likeness (QED) is 0.648. The number of ether oxygens (including phenoxy) is 1. The first-order valence-electron chi connectivity index (χ1n) is 7.39. The molecule has 4 nitrogen and oxygen atoms in total. The molecule has 0 aliphatic heterocycles. The number of thioether (sulfide) groups is 1. The third kappa shape index (κ3) is 4.77. The van der Waals surface area contributed by atoms with Gasteiger partial charge in [0.15, 0.2) is 6.61 Å². The minimum Gasteiger partial charge on any atom is -0.452 e. The van der Waals surface area contributed by atoms with Gasteiger partial charge in [-0.2, -0.15) is 0 Å². The summed E-state index contributed by atoms with van der Waals surface area (Å²) in [5, 5.41) is 2.90. The van der Waals surface area contributed by atoms with Gasteiger partial charge in [0.05, 0.1) is 5.56 Å². The molecule has 0 spiro atoms. The minimum atomic E-state index is -0.437. The normalized spacial score (nSPS) is 14.9. The second-order valence-electron chi connectivity index (χ2n) is 5.05. The molecule has 1 amide bonds. The predicted molar refractivity (Wildman–Crippen MR) is 83.5 cm³/mol. The van der Waals surface area contributed by atoms with Crippen LogP contribution in [0.5, 0.6) is 0 Å². The monoisotopic (exact) mass is 307 g/mol. The van der Waals surface area contributed by atoms with Crippen LogP contribution < -0.4 is 5.32 Å². The Balaban J connectivity index is 1.85. The number of esters is 1. The lowest BCUT2D eigenvalue weighted by atomic mass is 10.2. The van der Waals surface area contributed by atoms with E-state index < -0.39 is 5.97 Å². The first kappa shape index (κ1) is 15.9. The molecule has 0 heterocycles. The summed E-state index contributed by atoms with van der Waals surface area (Å²) >= 11 is 1.59. The number of carbonyl (C=O) groups excluding carboxylic acids is 2. The van der Waals surface area contributed by atoms with Crippen molar-refractivity contribution in [3.05, 3.63) is 29.8 Å². The summed E-state index contributed by atoms with van der Waals surface area (Å²) in [6, 6.07) is 7.56. The van der Waals surface area contributed by atoms with Crippen molar-refractivity contribution < 1.29 is 14.3 Å². The van der Waals surface area contributed by atoms with Crippen molar-refractivity contribution in [1.29, 1.82) is 0 Å². The Morgan fingerprint density at radius 2 is 2.00 bits per heavy atom. The van der Waals surface area contributed by atoms with E-state index >= 15 is 0 Å². The van der Waals surface area contributed by atoms with E-state index in [1.54, 1.807) is 23.9 Å². The standard InChI is InChI=1S/C16H21NO3S/c1-2-21-14-10-6-5-9-13(14)16(19)20-11-15(18)17-12-7-3-4-8-12/h5-6,9-10,12H,2-4,7-8,11H2,1H3,(H,17,18). The van der Waals surface area contributed by atoms with Crippen LogP contribution in [-0.4, -0.2) is 30.3 Å². The number of carbonyl (C=O) groups is 2. The molecule has 2 rings (SSSR count). The minimum absolute atomic E-state index is 0.208. The van der Waals surface area contributed by atoms with E-state index in [2.05, 4.69) is 5.32 Å². The molecule has 0 bridgehead atoms. The van der Waals surface area contributed by atoms with Crippen LogP contribution >= 0.6 is 11.8 Å². The van der Waals surface area contributed by atoms with E-state index in [-0.39, 0.29) is 18.6 Å². The van der Waals surface area contributed by atoms with Crippen molar-refractivity contribution in [2.75, 3.05) is 12.4 Å². The van der Waals surface area contributed by atoms with Gasteiger partial charge in [0.2, 0.25) is 0 Å². The average molecular weight is 307 g/mol. The molecule has 1 saturated carbocycles. The molecule has 1 N–H and O–H groups in total. The van der Waals surface area contributed by atoms with Gasteiger partial charge in [0.25, 0.3) is 5.91 Å². The Morgan fingerprint density at radius 1 is 1.29 bits per heavy atom. The van der Waals surface area contributed by atoms with E-state index in [0.717, 1.165) is 36.3 Å². The van der Waals surface area contributed by atoms with Crippen LogP contribution in [0.4, 0.5) is 0 Å². The van der Waals surface area contributed by atoms with E-state index in [1.165, 1.54) is 0 Å². The molecular weight excluding hydrogens is 286 g/mol. The second-order valence-corrected chi connectivity index (χ2v) is 6.36. The zero-order valence-corrected chi connectivity index (χ0v) is 13.1. The van der Waals surface area contributed by atoms with Gasteiger partial charge in [-0.25, -0.2) is 4.79 Å². The number of rotatable bonds is 6. The van der Waals surface area contributed by atoms with Crippen molar-refractivity contribution in [1.82, 2.24) is 5.32 Å². The molecule has 1 aromatic carbocycles. The number of benzene rings is 1. The largest absolute Gasteiger partial charge is 0.452 e. The molecule has 0 unspecified atom stereocenters. The molecule has 1 aliphatic rings. The summed E-state index contributed by atoms with van der Waals surface area (Å²) in [6.07, 6.45) is 4.37. The van der Waals surface area contributed by atoms with Gasteiger partial charge < -0.3 is 10.1 Å². The Morgan fingerprint density at radius 3 is 2.71 bits per heavy atom. The van der Waals surface area contributed by atoms with Crippen LogP contribution in [0.25, 0.3) is 0 Å². The van der Waals surface area contributed by atoms with Crippen molar-refractivity contribution in [3.63, 3.8) is 0 Å². The topological polar surface area (TPSA) is 55.4 Å². The SMILES string of the molecule is CCSc1ccccc1C(=O)OCC(=O)NC1CCCC1. The number of amides is 1. The molecule has 5 heteroatoms. The third-order valence-electron chi connectivity index (χ3n) is 3.46. The lowest BCUT2D eigenvalue weighted by Crippen LogP contribution is -2.35. The second kappa shape index (κ2) is 8.08. The molecule has 0 radical (unpaired) electrons. The number of nitrogens with one attached hydrogen (secondary N) is 1. The number of hydrogen-bond donors (Lipinski definition) is 1. The van der Waals surface area contributed by atoms with Crippen molar-refractivity contribution >= 4 is 23.6 Å². The van der Waals surface area contributed by atoms with E-state index in [4.69, 9.17) is 4.74 Å². The first-order chi connectivity index (χ1) is 10.2. The highest BCUT2D eigenvalue weighted by atomic mass is 32.2. The molecule has 0 atom stereocenters. The molecule has 114 valence electrons. The first-order valence-corrected chi connectivity index (χ1v) is 8.37. The summed E-state index contributed by atoms with van der Waals surface area (Å²) < 4.78 is 5.12. The predicted octanol–water partition coefficient (Wildman–Crippen LogP) is 3.01. The van der Waals surface area contributed by atoms with Gasteiger partial charge in [-0.05, 0) is 30.7 Å². The van der Waals surface area contributed by atoms with Crippen molar-refractivity contribution in [2.24, 2.45) is 0 Å². The molecule has 0 aromatic heterocycles. The van der Waals surface area contributed by atoms with Gasteiger partial charge in [0, 0.05) is 10.9 Å². The Kier molecular flexibility index (Phi) is 6.11. The molecule has 1 fully saturated rings. The maximum atomic E-state index is 12.1. The van der Waals surface area contributed by atoms with Crippen LogP contribution in [-0.2, 0) is 9.53 Å². The molecule has 1 aromatic rings. The van der Waals surface area contributed by atoms with E-state index in [0.29, 0.717) is 5.56 Å². The summed E-state index contributed by atoms with van der Waals surface area (Å²) in [5.74, 6) is 0.232. The molecule has 0 saturated heterocycles. The van der Waals surface area contributed by atoms with Crippen LogP contribution in [0, 0.1) is 0 Å². The van der Waals surface area contributed by atoms with Gasteiger partial charge >= 0.3 is 5.97 Å². The Labute approximate surface area is 129 Å². The van der Waals surface area contributed by atoms with Crippen LogP contribution in [0.1, 0.15) is 43.0 Å². The molecule has 1 aliphatic carbocycles. The zero-order valence-electron chi connectivity index (χ0n) is 12.3. The van der Waals surface area contributed by atoms with Gasteiger partial charge in [-0.3, -0.25) is 4.79 Å². The lowest BCUT2D eigenvalue weighted by molar-refractivity contribution is -0.124. The average Bonchev–Trinajstić information content (AvgIpc) is 2.98. The molecular formula is C16H21NO3S. The maximum absolute atomic E-state index is 12.1. The molecule has 21 heavy (non-hydrogen) atoms. The maximum Gasteiger partial charge on any atom is 0.339 e. The highest BCUT2D eigenvalue weighted by Gasteiger charge is 2.19. The Hall–Kier alpha value is -1.49. The summed E-state index contributed by atoms with van der Waals surface area (Å²) in [7, 11) is 0. The van der Waals surface area contributed by atoms with E-state index in [9.17, 15) is 9.59 Å². The van der Waals surface area contributed by atoms with Crippen LogP contribution in [0.3, 0.4) is 0 Å². The fourth-order valence-corrected chi connectivity index (χ4v) is 3.26.